The van der Waals surface area contributed by atoms with Crippen molar-refractivity contribution in [1.29, 1.82) is 0 Å². The van der Waals surface area contributed by atoms with Crippen LogP contribution in [0.5, 0.6) is 0 Å². The summed E-state index contributed by atoms with van der Waals surface area (Å²) in [5.74, 6) is 0.858. The molecule has 3 nitrogen and oxygen atoms in total. The zero-order valence-electron chi connectivity index (χ0n) is 12.5. The summed E-state index contributed by atoms with van der Waals surface area (Å²) in [7, 11) is 0. The summed E-state index contributed by atoms with van der Waals surface area (Å²) in [5.41, 5.74) is 6.75. The van der Waals surface area contributed by atoms with Gasteiger partial charge < -0.3 is 11.1 Å². The second-order valence-corrected chi connectivity index (χ2v) is 6.22. The van der Waals surface area contributed by atoms with Gasteiger partial charge in [0.1, 0.15) is 0 Å². The van der Waals surface area contributed by atoms with Crippen LogP contribution >= 0.6 is 11.6 Å². The molecule has 0 fully saturated rings. The van der Waals surface area contributed by atoms with Crippen LogP contribution in [-0.2, 0) is 4.79 Å². The lowest BCUT2D eigenvalue weighted by Crippen LogP contribution is -2.30. The van der Waals surface area contributed by atoms with Crippen molar-refractivity contribution in [3.63, 3.8) is 0 Å². The van der Waals surface area contributed by atoms with Gasteiger partial charge in [0.15, 0.2) is 0 Å². The molecule has 20 heavy (non-hydrogen) atoms. The number of benzene rings is 1. The van der Waals surface area contributed by atoms with Gasteiger partial charge in [-0.05, 0) is 49.4 Å². The third-order valence-electron chi connectivity index (χ3n) is 3.34. The van der Waals surface area contributed by atoms with Gasteiger partial charge in [0.05, 0.1) is 6.04 Å². The molecule has 1 unspecified atom stereocenters. The number of nitrogens with one attached hydrogen (secondary N) is 1. The van der Waals surface area contributed by atoms with E-state index in [0.717, 1.165) is 12.0 Å². The Bertz CT molecular complexity index is 434. The summed E-state index contributed by atoms with van der Waals surface area (Å²) in [6.07, 6.45) is 1.47. The molecule has 0 saturated carbocycles. The third kappa shape index (κ3) is 5.93. The molecule has 0 aliphatic rings. The van der Waals surface area contributed by atoms with Crippen LogP contribution < -0.4 is 11.1 Å². The van der Waals surface area contributed by atoms with E-state index in [0.29, 0.717) is 23.9 Å². The maximum Gasteiger partial charge on any atom is 0.220 e. The first-order valence-corrected chi connectivity index (χ1v) is 7.55. The van der Waals surface area contributed by atoms with Crippen LogP contribution in [-0.4, -0.2) is 12.5 Å². The fourth-order valence-corrected chi connectivity index (χ4v) is 2.55. The highest BCUT2D eigenvalue weighted by atomic mass is 35.5. The number of rotatable bonds is 7. The molecule has 1 aromatic carbocycles. The van der Waals surface area contributed by atoms with E-state index in [1.54, 1.807) is 0 Å². The minimum Gasteiger partial charge on any atom is -0.350 e. The van der Waals surface area contributed by atoms with E-state index in [9.17, 15) is 4.79 Å². The lowest BCUT2D eigenvalue weighted by Gasteiger charge is -2.19. The molecule has 1 amide bonds. The van der Waals surface area contributed by atoms with E-state index in [1.165, 1.54) is 0 Å². The first-order chi connectivity index (χ1) is 9.42. The maximum absolute atomic E-state index is 12.1. The van der Waals surface area contributed by atoms with E-state index in [4.69, 9.17) is 17.3 Å². The van der Waals surface area contributed by atoms with Gasteiger partial charge in [0.2, 0.25) is 5.91 Å². The van der Waals surface area contributed by atoms with Crippen LogP contribution in [0.25, 0.3) is 0 Å². The number of carbonyl (C=O) groups excluding carboxylic acids is 1. The van der Waals surface area contributed by atoms with Gasteiger partial charge in [-0.25, -0.2) is 0 Å². The molecule has 3 N–H and O–H groups in total. The van der Waals surface area contributed by atoms with Gasteiger partial charge in [-0.3, -0.25) is 4.79 Å². The van der Waals surface area contributed by atoms with Crippen molar-refractivity contribution in [2.75, 3.05) is 6.54 Å². The summed E-state index contributed by atoms with van der Waals surface area (Å²) in [4.78, 5) is 12.1. The Balaban J connectivity index is 2.53. The van der Waals surface area contributed by atoms with Gasteiger partial charge in [0, 0.05) is 11.4 Å². The zero-order valence-corrected chi connectivity index (χ0v) is 13.3. The molecule has 0 aromatic heterocycles. The Morgan fingerprint density at radius 1 is 1.35 bits per heavy atom. The van der Waals surface area contributed by atoms with Gasteiger partial charge >= 0.3 is 0 Å². The fourth-order valence-electron chi connectivity index (χ4n) is 2.35. The van der Waals surface area contributed by atoms with Crippen molar-refractivity contribution in [2.45, 2.75) is 39.7 Å². The topological polar surface area (TPSA) is 55.1 Å². The normalized spacial score (nSPS) is 14.1. The minimum absolute atomic E-state index is 0.0429. The molecule has 2 atom stereocenters. The SMILES string of the molecule is CC(C)C[C@H](CN)CC(=O)NC(C)c1cccc(Cl)c1. The van der Waals surface area contributed by atoms with Crippen molar-refractivity contribution in [3.8, 4) is 0 Å². The first kappa shape index (κ1) is 17.0. The summed E-state index contributed by atoms with van der Waals surface area (Å²) in [6, 6.07) is 7.51. The molecule has 0 aliphatic heterocycles. The van der Waals surface area contributed by atoms with Crippen LogP contribution in [0.1, 0.15) is 45.2 Å². The highest BCUT2D eigenvalue weighted by molar-refractivity contribution is 6.30. The number of hydrogen-bond acceptors (Lipinski definition) is 2. The van der Waals surface area contributed by atoms with Crippen LogP contribution in [0.4, 0.5) is 0 Å². The Labute approximate surface area is 126 Å². The average molecular weight is 297 g/mol. The molecule has 112 valence electrons. The van der Waals surface area contributed by atoms with Crippen molar-refractivity contribution in [3.05, 3.63) is 34.9 Å². The lowest BCUT2D eigenvalue weighted by molar-refractivity contribution is -0.122. The van der Waals surface area contributed by atoms with Crippen LogP contribution in [0.3, 0.4) is 0 Å². The quantitative estimate of drug-likeness (QED) is 0.809. The van der Waals surface area contributed by atoms with E-state index in [1.807, 2.05) is 31.2 Å². The largest absolute Gasteiger partial charge is 0.350 e. The fraction of sp³-hybridized carbons (Fsp3) is 0.562. The molecule has 0 bridgehead atoms. The second-order valence-electron chi connectivity index (χ2n) is 5.78. The van der Waals surface area contributed by atoms with Crippen LogP contribution in [0.2, 0.25) is 5.02 Å². The minimum atomic E-state index is -0.0429. The summed E-state index contributed by atoms with van der Waals surface area (Å²) in [5, 5.41) is 3.69. The maximum atomic E-state index is 12.1. The third-order valence-corrected chi connectivity index (χ3v) is 3.57. The number of carbonyl (C=O) groups is 1. The number of halogens is 1. The predicted molar refractivity (Wildman–Crippen MR) is 84.6 cm³/mol. The lowest BCUT2D eigenvalue weighted by atomic mass is 9.94. The molecule has 0 spiro atoms. The Kier molecular flexibility index (Phi) is 7.03. The molecule has 0 radical (unpaired) electrons. The average Bonchev–Trinajstić information content (AvgIpc) is 2.37. The van der Waals surface area contributed by atoms with Crippen molar-refractivity contribution in [2.24, 2.45) is 17.6 Å². The first-order valence-electron chi connectivity index (χ1n) is 7.17. The van der Waals surface area contributed by atoms with E-state index in [-0.39, 0.29) is 17.9 Å². The van der Waals surface area contributed by atoms with Crippen molar-refractivity contribution < 1.29 is 4.79 Å². The monoisotopic (exact) mass is 296 g/mol. The molecule has 1 rings (SSSR count). The zero-order chi connectivity index (χ0) is 15.1. The van der Waals surface area contributed by atoms with Gasteiger partial charge in [-0.15, -0.1) is 0 Å². The van der Waals surface area contributed by atoms with Gasteiger partial charge in [0.25, 0.3) is 0 Å². The Hall–Kier alpha value is -1.06. The van der Waals surface area contributed by atoms with Crippen molar-refractivity contribution >= 4 is 17.5 Å². The molecule has 0 aliphatic carbocycles. The standard InChI is InChI=1S/C16H25ClN2O/c1-11(2)7-13(10-18)8-16(20)19-12(3)14-5-4-6-15(17)9-14/h4-6,9,11-13H,7-8,10,18H2,1-3H3,(H,19,20)/t12?,13-/m0/s1. The smallest absolute Gasteiger partial charge is 0.220 e. The molecule has 1 aromatic rings. The van der Waals surface area contributed by atoms with E-state index >= 15 is 0 Å². The van der Waals surface area contributed by atoms with Crippen LogP contribution in [0, 0.1) is 11.8 Å². The molecule has 0 heterocycles. The summed E-state index contributed by atoms with van der Waals surface area (Å²) in [6.45, 7) is 6.81. The summed E-state index contributed by atoms with van der Waals surface area (Å²) >= 11 is 5.96. The molecular weight excluding hydrogens is 272 g/mol. The van der Waals surface area contributed by atoms with E-state index in [2.05, 4.69) is 19.2 Å². The predicted octanol–water partition coefficient (Wildman–Crippen LogP) is 3.53. The van der Waals surface area contributed by atoms with Gasteiger partial charge in [-0.2, -0.15) is 0 Å². The second kappa shape index (κ2) is 8.28. The number of amides is 1. The van der Waals surface area contributed by atoms with E-state index < -0.39 is 0 Å². The van der Waals surface area contributed by atoms with Gasteiger partial charge in [-0.1, -0.05) is 37.6 Å². The molecule has 0 saturated heterocycles. The summed E-state index contributed by atoms with van der Waals surface area (Å²) < 4.78 is 0. The highest BCUT2D eigenvalue weighted by Gasteiger charge is 2.16. The number of nitrogens with two attached hydrogens (primary N) is 1. The van der Waals surface area contributed by atoms with Crippen LogP contribution in [0.15, 0.2) is 24.3 Å². The van der Waals surface area contributed by atoms with Crippen molar-refractivity contribution in [1.82, 2.24) is 5.32 Å². The molecule has 4 heteroatoms. The Morgan fingerprint density at radius 3 is 2.60 bits per heavy atom. The highest BCUT2D eigenvalue weighted by Crippen LogP contribution is 2.19. The number of hydrogen-bond donors (Lipinski definition) is 2. The molecular formula is C16H25ClN2O. The Morgan fingerprint density at radius 2 is 2.05 bits per heavy atom.